The van der Waals surface area contributed by atoms with Gasteiger partial charge in [0.05, 0.1) is 24.2 Å². The van der Waals surface area contributed by atoms with E-state index in [1.807, 2.05) is 18.2 Å². The zero-order valence-electron chi connectivity index (χ0n) is 14.5. The first-order chi connectivity index (χ1) is 13.0. The molecule has 3 rings (SSSR count). The highest BCUT2D eigenvalue weighted by molar-refractivity contribution is 9.10. The number of nitrogens with zero attached hydrogens (tertiary/aromatic N) is 2. The van der Waals surface area contributed by atoms with Crippen LogP contribution in [0.2, 0.25) is 0 Å². The molecular weight excluding hydrogens is 412 g/mol. The third-order valence-electron chi connectivity index (χ3n) is 3.80. The van der Waals surface area contributed by atoms with Crippen LogP contribution in [0.4, 0.5) is 11.5 Å². The fourth-order valence-electron chi connectivity index (χ4n) is 2.44. The second-order valence-corrected chi connectivity index (χ2v) is 6.41. The number of para-hydroxylation sites is 1. The molecule has 0 radical (unpaired) electrons. The van der Waals surface area contributed by atoms with Crippen molar-refractivity contribution in [1.29, 1.82) is 0 Å². The van der Waals surface area contributed by atoms with Crippen molar-refractivity contribution in [3.63, 3.8) is 0 Å². The molecule has 0 aliphatic heterocycles. The number of nitrogens with one attached hydrogen (secondary N) is 1. The minimum atomic E-state index is -0.523. The summed E-state index contributed by atoms with van der Waals surface area (Å²) in [6.45, 7) is 1.97. The van der Waals surface area contributed by atoms with Gasteiger partial charge >= 0.3 is 5.97 Å². The number of ether oxygens (including phenoxy) is 1. The van der Waals surface area contributed by atoms with E-state index in [-0.39, 0.29) is 23.9 Å². The van der Waals surface area contributed by atoms with Gasteiger partial charge in [-0.3, -0.25) is 4.79 Å². The highest BCUT2D eigenvalue weighted by Crippen LogP contribution is 2.22. The summed E-state index contributed by atoms with van der Waals surface area (Å²) in [5, 5.41) is 6.96. The lowest BCUT2D eigenvalue weighted by atomic mass is 10.2. The van der Waals surface area contributed by atoms with Crippen molar-refractivity contribution < 1.29 is 14.3 Å². The van der Waals surface area contributed by atoms with E-state index in [2.05, 4.69) is 26.3 Å². The molecule has 138 valence electrons. The molecule has 8 heteroatoms. The normalized spacial score (nSPS) is 10.4. The lowest BCUT2D eigenvalue weighted by molar-refractivity contribution is 0.0527. The lowest BCUT2D eigenvalue weighted by Crippen LogP contribution is -2.12. The van der Waals surface area contributed by atoms with Crippen LogP contribution in [0.1, 0.15) is 27.6 Å². The van der Waals surface area contributed by atoms with Crippen molar-refractivity contribution in [2.45, 2.75) is 6.92 Å². The summed E-state index contributed by atoms with van der Waals surface area (Å²) in [5.74, 6) is -0.585. The summed E-state index contributed by atoms with van der Waals surface area (Å²) in [6, 6.07) is 14.1. The van der Waals surface area contributed by atoms with Crippen LogP contribution in [0, 0.1) is 0 Å². The molecule has 1 heterocycles. The molecule has 27 heavy (non-hydrogen) atoms. The fourth-order valence-corrected chi connectivity index (χ4v) is 2.82. The molecule has 0 spiro atoms. The first kappa shape index (κ1) is 18.7. The summed E-state index contributed by atoms with van der Waals surface area (Å²) in [5.41, 5.74) is 7.99. The zero-order chi connectivity index (χ0) is 19.4. The molecule has 1 amide bonds. The molecule has 7 nitrogen and oxygen atoms in total. The summed E-state index contributed by atoms with van der Waals surface area (Å²) in [4.78, 5) is 24.2. The summed E-state index contributed by atoms with van der Waals surface area (Å²) >= 11 is 3.39. The van der Waals surface area contributed by atoms with Gasteiger partial charge in [-0.15, -0.1) is 0 Å². The Kier molecular flexibility index (Phi) is 5.56. The Morgan fingerprint density at radius 1 is 1.19 bits per heavy atom. The number of anilines is 2. The van der Waals surface area contributed by atoms with E-state index in [4.69, 9.17) is 10.5 Å². The van der Waals surface area contributed by atoms with Crippen molar-refractivity contribution >= 4 is 39.3 Å². The number of esters is 1. The average Bonchev–Trinajstić information content (AvgIpc) is 3.05. The number of carbonyl (C=O) groups is 2. The predicted octanol–water partition coefficient (Wildman–Crippen LogP) is 3.65. The van der Waals surface area contributed by atoms with Crippen molar-refractivity contribution in [3.05, 3.63) is 70.3 Å². The highest BCUT2D eigenvalue weighted by atomic mass is 79.9. The Hall–Kier alpha value is -3.13. The van der Waals surface area contributed by atoms with Crippen LogP contribution in [-0.2, 0) is 4.74 Å². The minimum absolute atomic E-state index is 0.180. The van der Waals surface area contributed by atoms with Gasteiger partial charge in [0.1, 0.15) is 11.4 Å². The van der Waals surface area contributed by atoms with Gasteiger partial charge in [-0.2, -0.15) is 5.10 Å². The summed E-state index contributed by atoms with van der Waals surface area (Å²) in [7, 11) is 0. The predicted molar refractivity (Wildman–Crippen MR) is 106 cm³/mol. The molecule has 0 aliphatic carbocycles. The van der Waals surface area contributed by atoms with E-state index < -0.39 is 5.97 Å². The van der Waals surface area contributed by atoms with Crippen LogP contribution in [0.3, 0.4) is 0 Å². The Bertz CT molecular complexity index is 983. The molecule has 1 aromatic heterocycles. The summed E-state index contributed by atoms with van der Waals surface area (Å²) in [6.07, 6.45) is 1.36. The van der Waals surface area contributed by atoms with Gasteiger partial charge in [0.15, 0.2) is 0 Å². The Balaban J connectivity index is 1.79. The standard InChI is InChI=1S/C19H17BrN4O3/c1-2-27-19(26)14-11-22-24(17(14)21)13-9-7-12(8-10-13)18(25)23-16-6-4-3-5-15(16)20/h3-11H,2,21H2,1H3,(H,23,25). The molecular formula is C19H17BrN4O3. The highest BCUT2D eigenvalue weighted by Gasteiger charge is 2.17. The van der Waals surface area contributed by atoms with E-state index in [1.165, 1.54) is 10.9 Å². The first-order valence-corrected chi connectivity index (χ1v) is 8.97. The SMILES string of the molecule is CCOC(=O)c1cnn(-c2ccc(C(=O)Nc3ccccc3Br)cc2)c1N. The molecule has 0 saturated carbocycles. The van der Waals surface area contributed by atoms with Gasteiger partial charge in [-0.1, -0.05) is 12.1 Å². The molecule has 0 aliphatic rings. The van der Waals surface area contributed by atoms with Crippen molar-refractivity contribution in [3.8, 4) is 5.69 Å². The quantitative estimate of drug-likeness (QED) is 0.604. The van der Waals surface area contributed by atoms with Gasteiger partial charge in [0, 0.05) is 10.0 Å². The molecule has 3 aromatic rings. The van der Waals surface area contributed by atoms with Gasteiger partial charge < -0.3 is 15.8 Å². The molecule has 0 bridgehead atoms. The number of hydrogen-bond acceptors (Lipinski definition) is 5. The van der Waals surface area contributed by atoms with Crippen molar-refractivity contribution in [2.24, 2.45) is 0 Å². The molecule has 0 saturated heterocycles. The van der Waals surface area contributed by atoms with E-state index >= 15 is 0 Å². The van der Waals surface area contributed by atoms with Crippen LogP contribution in [-0.4, -0.2) is 28.3 Å². The maximum absolute atomic E-state index is 12.4. The monoisotopic (exact) mass is 428 g/mol. The number of hydrogen-bond donors (Lipinski definition) is 2. The second kappa shape index (κ2) is 8.05. The van der Waals surface area contributed by atoms with Crippen LogP contribution in [0.15, 0.2) is 59.2 Å². The van der Waals surface area contributed by atoms with Gasteiger partial charge in [-0.25, -0.2) is 9.48 Å². The third kappa shape index (κ3) is 4.01. The molecule has 2 aromatic carbocycles. The Labute approximate surface area is 164 Å². The average molecular weight is 429 g/mol. The largest absolute Gasteiger partial charge is 0.462 e. The van der Waals surface area contributed by atoms with Crippen LogP contribution in [0.25, 0.3) is 5.69 Å². The first-order valence-electron chi connectivity index (χ1n) is 8.18. The van der Waals surface area contributed by atoms with Crippen LogP contribution in [0.5, 0.6) is 0 Å². The van der Waals surface area contributed by atoms with Crippen LogP contribution < -0.4 is 11.1 Å². The fraction of sp³-hybridized carbons (Fsp3) is 0.105. The van der Waals surface area contributed by atoms with Crippen molar-refractivity contribution in [2.75, 3.05) is 17.7 Å². The van der Waals surface area contributed by atoms with E-state index in [0.717, 1.165) is 4.47 Å². The Morgan fingerprint density at radius 2 is 1.89 bits per heavy atom. The smallest absolute Gasteiger partial charge is 0.343 e. The maximum Gasteiger partial charge on any atom is 0.343 e. The number of halogens is 1. The van der Waals surface area contributed by atoms with E-state index in [1.54, 1.807) is 37.3 Å². The molecule has 3 N–H and O–H groups in total. The van der Waals surface area contributed by atoms with E-state index in [9.17, 15) is 9.59 Å². The number of nitrogens with two attached hydrogens (primary N) is 1. The van der Waals surface area contributed by atoms with E-state index in [0.29, 0.717) is 16.9 Å². The Morgan fingerprint density at radius 3 is 2.56 bits per heavy atom. The van der Waals surface area contributed by atoms with Crippen molar-refractivity contribution in [1.82, 2.24) is 9.78 Å². The number of benzene rings is 2. The second-order valence-electron chi connectivity index (χ2n) is 5.56. The third-order valence-corrected chi connectivity index (χ3v) is 4.49. The topological polar surface area (TPSA) is 99.2 Å². The summed E-state index contributed by atoms with van der Waals surface area (Å²) < 4.78 is 7.16. The number of nitrogen functional groups attached to an aromatic ring is 1. The maximum atomic E-state index is 12.4. The minimum Gasteiger partial charge on any atom is -0.462 e. The number of amides is 1. The zero-order valence-corrected chi connectivity index (χ0v) is 16.1. The molecule has 0 atom stereocenters. The molecule has 0 fully saturated rings. The van der Waals surface area contributed by atoms with Gasteiger partial charge in [-0.05, 0) is 59.3 Å². The number of rotatable bonds is 5. The number of carbonyl (C=O) groups excluding carboxylic acids is 2. The number of aromatic nitrogens is 2. The lowest BCUT2D eigenvalue weighted by Gasteiger charge is -2.09. The van der Waals surface area contributed by atoms with Crippen LogP contribution >= 0.6 is 15.9 Å². The van der Waals surface area contributed by atoms with Gasteiger partial charge in [0.25, 0.3) is 5.91 Å². The molecule has 0 unspecified atom stereocenters. The van der Waals surface area contributed by atoms with Gasteiger partial charge in [0.2, 0.25) is 0 Å².